The molecule has 1 N–H and O–H groups in total. The SMILES string of the molecule is Cc1ccc(COc2ccc(C3CCNCC3COc3ccc(C#N)cc3)cc2)cc1. The van der Waals surface area contributed by atoms with Crippen molar-refractivity contribution in [1.82, 2.24) is 5.32 Å². The predicted molar refractivity (Wildman–Crippen MR) is 122 cm³/mol. The molecular weight excluding hydrogens is 384 g/mol. The Labute approximate surface area is 184 Å². The zero-order valence-electron chi connectivity index (χ0n) is 17.9. The minimum atomic E-state index is 0.392. The van der Waals surface area contributed by atoms with E-state index in [-0.39, 0.29) is 0 Å². The highest BCUT2D eigenvalue weighted by atomic mass is 16.5. The van der Waals surface area contributed by atoms with Gasteiger partial charge in [-0.15, -0.1) is 0 Å². The highest BCUT2D eigenvalue weighted by Gasteiger charge is 2.27. The number of hydrogen-bond donors (Lipinski definition) is 1. The Kier molecular flexibility index (Phi) is 6.86. The zero-order chi connectivity index (χ0) is 21.5. The fraction of sp³-hybridized carbons (Fsp3) is 0.296. The molecule has 1 saturated heterocycles. The van der Waals surface area contributed by atoms with Crippen molar-refractivity contribution in [3.63, 3.8) is 0 Å². The molecule has 4 rings (SSSR count). The van der Waals surface area contributed by atoms with Crippen molar-refractivity contribution in [2.75, 3.05) is 19.7 Å². The molecule has 4 nitrogen and oxygen atoms in total. The molecule has 0 amide bonds. The number of benzene rings is 3. The smallest absolute Gasteiger partial charge is 0.119 e. The Morgan fingerprint density at radius 2 is 1.58 bits per heavy atom. The number of nitriles is 1. The summed E-state index contributed by atoms with van der Waals surface area (Å²) < 4.78 is 12.0. The number of aryl methyl sites for hydroxylation is 1. The topological polar surface area (TPSA) is 54.3 Å². The van der Waals surface area contributed by atoms with Gasteiger partial charge in [-0.25, -0.2) is 0 Å². The molecule has 0 spiro atoms. The summed E-state index contributed by atoms with van der Waals surface area (Å²) in [6, 6.07) is 26.4. The highest BCUT2D eigenvalue weighted by molar-refractivity contribution is 5.35. The molecule has 0 aliphatic carbocycles. The summed E-state index contributed by atoms with van der Waals surface area (Å²) in [5.74, 6) is 2.54. The molecule has 0 radical (unpaired) electrons. The molecule has 1 heterocycles. The van der Waals surface area contributed by atoms with Crippen LogP contribution in [0.3, 0.4) is 0 Å². The molecule has 1 fully saturated rings. The number of rotatable bonds is 7. The average Bonchev–Trinajstić information content (AvgIpc) is 2.83. The number of hydrogen-bond acceptors (Lipinski definition) is 4. The normalized spacial score (nSPS) is 18.2. The van der Waals surface area contributed by atoms with E-state index in [1.165, 1.54) is 16.7 Å². The van der Waals surface area contributed by atoms with Crippen molar-refractivity contribution >= 4 is 0 Å². The van der Waals surface area contributed by atoms with E-state index in [2.05, 4.69) is 66.8 Å². The van der Waals surface area contributed by atoms with Gasteiger partial charge in [0.1, 0.15) is 18.1 Å². The molecule has 0 saturated carbocycles. The minimum absolute atomic E-state index is 0.392. The molecule has 0 bridgehead atoms. The summed E-state index contributed by atoms with van der Waals surface area (Å²) in [6.45, 7) is 5.27. The van der Waals surface area contributed by atoms with Crippen LogP contribution in [-0.2, 0) is 6.61 Å². The maximum Gasteiger partial charge on any atom is 0.119 e. The standard InChI is InChI=1S/C27H28N2O2/c1-20-2-4-22(5-3-20)18-30-26-12-8-23(9-13-26)27-14-15-29-17-24(27)19-31-25-10-6-21(16-28)7-11-25/h2-13,24,27,29H,14-15,17-19H2,1H3. The Morgan fingerprint density at radius 3 is 2.29 bits per heavy atom. The van der Waals surface area contributed by atoms with Gasteiger partial charge in [0.2, 0.25) is 0 Å². The summed E-state index contributed by atoms with van der Waals surface area (Å²) in [5.41, 5.74) is 4.41. The number of nitrogens with one attached hydrogen (secondary N) is 1. The van der Waals surface area contributed by atoms with Crippen LogP contribution in [0.2, 0.25) is 0 Å². The van der Waals surface area contributed by atoms with E-state index in [1.54, 1.807) is 12.1 Å². The van der Waals surface area contributed by atoms with Crippen molar-refractivity contribution in [2.45, 2.75) is 25.9 Å². The predicted octanol–water partition coefficient (Wildman–Crippen LogP) is 5.22. The third kappa shape index (κ3) is 5.65. The van der Waals surface area contributed by atoms with Crippen LogP contribution < -0.4 is 14.8 Å². The fourth-order valence-corrected chi connectivity index (χ4v) is 4.03. The van der Waals surface area contributed by atoms with Gasteiger partial charge in [-0.3, -0.25) is 0 Å². The van der Waals surface area contributed by atoms with E-state index >= 15 is 0 Å². The van der Waals surface area contributed by atoms with Crippen molar-refractivity contribution in [1.29, 1.82) is 5.26 Å². The lowest BCUT2D eigenvalue weighted by molar-refractivity contribution is 0.197. The lowest BCUT2D eigenvalue weighted by Gasteiger charge is -2.32. The van der Waals surface area contributed by atoms with Crippen LogP contribution in [0.5, 0.6) is 11.5 Å². The summed E-state index contributed by atoms with van der Waals surface area (Å²) in [7, 11) is 0. The second-order valence-electron chi connectivity index (χ2n) is 8.15. The molecule has 2 unspecified atom stereocenters. The van der Waals surface area contributed by atoms with Gasteiger partial charge in [0, 0.05) is 12.5 Å². The third-order valence-electron chi connectivity index (χ3n) is 5.89. The van der Waals surface area contributed by atoms with Gasteiger partial charge in [-0.2, -0.15) is 5.26 Å². The Morgan fingerprint density at radius 1 is 0.903 bits per heavy atom. The summed E-state index contributed by atoms with van der Waals surface area (Å²) >= 11 is 0. The number of piperidine rings is 1. The molecule has 158 valence electrons. The van der Waals surface area contributed by atoms with Crippen LogP contribution in [0.4, 0.5) is 0 Å². The first-order chi connectivity index (χ1) is 15.2. The van der Waals surface area contributed by atoms with E-state index in [9.17, 15) is 0 Å². The summed E-state index contributed by atoms with van der Waals surface area (Å²) in [6.07, 6.45) is 1.09. The first-order valence-corrected chi connectivity index (χ1v) is 10.8. The summed E-state index contributed by atoms with van der Waals surface area (Å²) in [5, 5.41) is 12.4. The molecule has 2 atom stereocenters. The maximum atomic E-state index is 8.94. The van der Waals surface area contributed by atoms with Crippen LogP contribution in [0, 0.1) is 24.2 Å². The highest BCUT2D eigenvalue weighted by Crippen LogP contribution is 2.32. The van der Waals surface area contributed by atoms with Crippen molar-refractivity contribution in [3.8, 4) is 17.6 Å². The van der Waals surface area contributed by atoms with Gasteiger partial charge in [0.25, 0.3) is 0 Å². The van der Waals surface area contributed by atoms with Gasteiger partial charge in [-0.1, -0.05) is 42.0 Å². The van der Waals surface area contributed by atoms with E-state index in [4.69, 9.17) is 14.7 Å². The molecule has 0 aromatic heterocycles. The van der Waals surface area contributed by atoms with E-state index in [0.717, 1.165) is 31.0 Å². The first-order valence-electron chi connectivity index (χ1n) is 10.8. The number of ether oxygens (including phenoxy) is 2. The summed E-state index contributed by atoms with van der Waals surface area (Å²) in [4.78, 5) is 0. The van der Waals surface area contributed by atoms with E-state index in [0.29, 0.717) is 30.6 Å². The minimum Gasteiger partial charge on any atom is -0.493 e. The van der Waals surface area contributed by atoms with Gasteiger partial charge >= 0.3 is 0 Å². The molecule has 4 heteroatoms. The van der Waals surface area contributed by atoms with Crippen LogP contribution >= 0.6 is 0 Å². The van der Waals surface area contributed by atoms with Crippen LogP contribution in [0.1, 0.15) is 34.6 Å². The van der Waals surface area contributed by atoms with Crippen LogP contribution in [0.25, 0.3) is 0 Å². The number of nitrogens with zero attached hydrogens (tertiary/aromatic N) is 1. The van der Waals surface area contributed by atoms with Crippen molar-refractivity contribution in [2.24, 2.45) is 5.92 Å². The van der Waals surface area contributed by atoms with Gasteiger partial charge in [-0.05, 0) is 73.3 Å². The molecule has 3 aromatic rings. The third-order valence-corrected chi connectivity index (χ3v) is 5.89. The van der Waals surface area contributed by atoms with Gasteiger partial charge in [0.05, 0.1) is 18.2 Å². The van der Waals surface area contributed by atoms with Crippen LogP contribution in [0.15, 0.2) is 72.8 Å². The van der Waals surface area contributed by atoms with Gasteiger partial charge < -0.3 is 14.8 Å². The monoisotopic (exact) mass is 412 g/mol. The van der Waals surface area contributed by atoms with Crippen molar-refractivity contribution in [3.05, 3.63) is 95.1 Å². The quantitative estimate of drug-likeness (QED) is 0.578. The largest absolute Gasteiger partial charge is 0.493 e. The van der Waals surface area contributed by atoms with Crippen molar-refractivity contribution < 1.29 is 9.47 Å². The van der Waals surface area contributed by atoms with E-state index in [1.807, 2.05) is 12.1 Å². The molecule has 1 aliphatic heterocycles. The maximum absolute atomic E-state index is 8.94. The zero-order valence-corrected chi connectivity index (χ0v) is 17.9. The fourth-order valence-electron chi connectivity index (χ4n) is 4.03. The second kappa shape index (κ2) is 10.1. The molecular formula is C27H28N2O2. The molecule has 3 aromatic carbocycles. The lowest BCUT2D eigenvalue weighted by atomic mass is 9.81. The Bertz CT molecular complexity index is 1010. The Hall–Kier alpha value is -3.29. The molecule has 1 aliphatic rings. The Balaban J connectivity index is 1.35. The van der Waals surface area contributed by atoms with Gasteiger partial charge in [0.15, 0.2) is 0 Å². The average molecular weight is 413 g/mol. The second-order valence-corrected chi connectivity index (χ2v) is 8.15. The lowest BCUT2D eigenvalue weighted by Crippen LogP contribution is -2.38. The first kappa shape index (κ1) is 21.0. The van der Waals surface area contributed by atoms with Crippen LogP contribution in [-0.4, -0.2) is 19.7 Å². The molecule has 31 heavy (non-hydrogen) atoms. The van der Waals surface area contributed by atoms with E-state index < -0.39 is 0 Å².